The van der Waals surface area contributed by atoms with Crippen LogP contribution >= 0.6 is 0 Å². The number of aliphatic carboxylic acids is 1. The molecule has 0 aliphatic heterocycles. The second-order valence-electron chi connectivity index (χ2n) is 2.15. The molecule has 0 rings (SSSR count). The van der Waals surface area contributed by atoms with Gasteiger partial charge in [-0.05, 0) is 6.92 Å². The first kappa shape index (κ1) is 15.5. The van der Waals surface area contributed by atoms with Crippen LogP contribution in [0.4, 0.5) is 0 Å². The second-order valence-corrected chi connectivity index (χ2v) is 2.15. The highest BCUT2D eigenvalue weighted by atomic mass is 16.6. The van der Waals surface area contributed by atoms with E-state index in [0.717, 1.165) is 6.26 Å². The summed E-state index contributed by atoms with van der Waals surface area (Å²) in [7, 11) is 0. The van der Waals surface area contributed by atoms with Crippen molar-refractivity contribution < 1.29 is 24.6 Å². The van der Waals surface area contributed by atoms with E-state index in [-0.39, 0.29) is 12.0 Å². The van der Waals surface area contributed by atoms with E-state index in [4.69, 9.17) is 20.0 Å². The molecule has 15 heavy (non-hydrogen) atoms. The van der Waals surface area contributed by atoms with Gasteiger partial charge < -0.3 is 15.1 Å². The molecule has 0 aliphatic rings. The first-order valence-electron chi connectivity index (χ1n) is 4.10. The minimum absolute atomic E-state index is 0.172. The number of ether oxygens (including phenoxy) is 1. The van der Waals surface area contributed by atoms with Crippen LogP contribution in [0.1, 0.15) is 20.3 Å². The molecule has 2 N–H and O–H groups in total. The number of hydrogen-bond donors (Lipinski definition) is 2. The molecule has 0 bridgehead atoms. The lowest BCUT2D eigenvalue weighted by atomic mass is 10.1. The van der Waals surface area contributed by atoms with Gasteiger partial charge in [-0.15, -0.1) is 4.91 Å². The van der Waals surface area contributed by atoms with Gasteiger partial charge in [-0.1, -0.05) is 6.92 Å². The lowest BCUT2D eigenvalue weighted by molar-refractivity contribution is -0.134. The Hall–Kier alpha value is -1.92. The zero-order valence-electron chi connectivity index (χ0n) is 8.47. The first-order valence-corrected chi connectivity index (χ1v) is 4.10. The number of ketones is 1. The summed E-state index contributed by atoms with van der Waals surface area (Å²) in [6.45, 7) is 3.67. The van der Waals surface area contributed by atoms with Gasteiger partial charge in [0, 0.05) is 6.42 Å². The molecule has 0 fully saturated rings. The average Bonchev–Trinajstić information content (AvgIpc) is 2.18. The molecule has 0 aromatic heterocycles. The zero-order chi connectivity index (χ0) is 12.3. The van der Waals surface area contributed by atoms with Gasteiger partial charge in [-0.2, -0.15) is 0 Å². The van der Waals surface area contributed by atoms with Crippen molar-refractivity contribution in [2.24, 2.45) is 5.34 Å². The fourth-order valence-corrected chi connectivity index (χ4v) is 0.593. The van der Waals surface area contributed by atoms with E-state index in [1.807, 2.05) is 0 Å². The second kappa shape index (κ2) is 10.2. The SMILES string of the molecule is CCO/C=C(/C(=O)O)C(=O)CC.O=NO. The van der Waals surface area contributed by atoms with Crippen LogP contribution in [-0.4, -0.2) is 28.7 Å². The Morgan fingerprint density at radius 1 is 1.40 bits per heavy atom. The molecule has 86 valence electrons. The Labute approximate surface area is 86.3 Å². The highest BCUT2D eigenvalue weighted by Crippen LogP contribution is 2.00. The summed E-state index contributed by atoms with van der Waals surface area (Å²) in [6, 6.07) is 0. The lowest BCUT2D eigenvalue weighted by Crippen LogP contribution is -2.11. The van der Waals surface area contributed by atoms with E-state index < -0.39 is 11.8 Å². The summed E-state index contributed by atoms with van der Waals surface area (Å²) in [6.07, 6.45) is 1.17. The van der Waals surface area contributed by atoms with Crippen LogP contribution in [-0.2, 0) is 14.3 Å². The van der Waals surface area contributed by atoms with E-state index in [2.05, 4.69) is 0 Å². The number of nitrogens with zero attached hydrogens (tertiary/aromatic N) is 1. The summed E-state index contributed by atoms with van der Waals surface area (Å²) < 4.78 is 4.72. The summed E-state index contributed by atoms with van der Waals surface area (Å²) >= 11 is 0. The van der Waals surface area contributed by atoms with Gasteiger partial charge >= 0.3 is 5.97 Å². The van der Waals surface area contributed by atoms with Gasteiger partial charge in [-0.3, -0.25) is 4.79 Å². The van der Waals surface area contributed by atoms with Gasteiger partial charge in [0.15, 0.2) is 11.1 Å². The minimum atomic E-state index is -1.24. The Bertz CT molecular complexity index is 248. The normalized spacial score (nSPS) is 9.60. The zero-order valence-corrected chi connectivity index (χ0v) is 8.47. The molecule has 7 nitrogen and oxygen atoms in total. The maximum atomic E-state index is 10.9. The van der Waals surface area contributed by atoms with Crippen molar-refractivity contribution in [1.82, 2.24) is 0 Å². The third-order valence-electron chi connectivity index (χ3n) is 1.22. The summed E-state index contributed by atoms with van der Waals surface area (Å²) in [4.78, 5) is 29.5. The van der Waals surface area contributed by atoms with Gasteiger partial charge in [0.1, 0.15) is 11.8 Å². The Morgan fingerprint density at radius 3 is 2.13 bits per heavy atom. The van der Waals surface area contributed by atoms with Crippen LogP contribution in [0.25, 0.3) is 0 Å². The maximum absolute atomic E-state index is 10.9. The molecule has 0 aromatic carbocycles. The van der Waals surface area contributed by atoms with Crippen molar-refractivity contribution in [2.45, 2.75) is 20.3 Å². The third kappa shape index (κ3) is 8.41. The highest BCUT2D eigenvalue weighted by Gasteiger charge is 2.15. The molecule has 0 aromatic rings. The van der Waals surface area contributed by atoms with Crippen LogP contribution < -0.4 is 0 Å². The van der Waals surface area contributed by atoms with Crippen molar-refractivity contribution in [3.63, 3.8) is 0 Å². The van der Waals surface area contributed by atoms with E-state index >= 15 is 0 Å². The fourth-order valence-electron chi connectivity index (χ4n) is 0.593. The van der Waals surface area contributed by atoms with E-state index in [1.165, 1.54) is 5.34 Å². The van der Waals surface area contributed by atoms with Gasteiger partial charge in [0.2, 0.25) is 0 Å². The van der Waals surface area contributed by atoms with Gasteiger partial charge in [0.25, 0.3) is 0 Å². The van der Waals surface area contributed by atoms with Gasteiger partial charge in [-0.25, -0.2) is 4.79 Å². The van der Waals surface area contributed by atoms with Crippen LogP contribution in [0, 0.1) is 4.91 Å². The molecule has 0 saturated carbocycles. The molecule has 0 atom stereocenters. The molecule has 0 saturated heterocycles. The summed E-state index contributed by atoms with van der Waals surface area (Å²) in [5, 5.41) is 16.4. The average molecular weight is 219 g/mol. The number of hydrogen-bond acceptors (Lipinski definition) is 5. The van der Waals surface area contributed by atoms with Crippen LogP contribution in [0.15, 0.2) is 17.2 Å². The monoisotopic (exact) mass is 219 g/mol. The number of carbonyl (C=O) groups is 2. The molecule has 0 radical (unpaired) electrons. The van der Waals surface area contributed by atoms with Crippen molar-refractivity contribution in [2.75, 3.05) is 6.61 Å². The number of carboxylic acid groups (broad SMARTS) is 1. The Balaban J connectivity index is 0. The quantitative estimate of drug-likeness (QED) is 0.179. The molecule has 0 aliphatic carbocycles. The van der Waals surface area contributed by atoms with E-state index in [0.29, 0.717) is 6.61 Å². The number of carbonyl (C=O) groups excluding carboxylic acids is 1. The van der Waals surface area contributed by atoms with Crippen LogP contribution in [0.2, 0.25) is 0 Å². The highest BCUT2D eigenvalue weighted by molar-refractivity contribution is 6.16. The van der Waals surface area contributed by atoms with Gasteiger partial charge in [0.05, 0.1) is 6.61 Å². The Kier molecular flexibility index (Phi) is 10.5. The van der Waals surface area contributed by atoms with Crippen LogP contribution in [0.5, 0.6) is 0 Å². The largest absolute Gasteiger partial charge is 0.500 e. The number of Topliss-reactive ketones (excluding diaryl/α,β-unsaturated/α-hetero) is 1. The standard InChI is InChI=1S/C8H12O4.HNO2/c1-3-7(9)6(8(10)11)5-12-4-2;2-1-3/h5H,3-4H2,1-2H3,(H,10,11);(H,2,3)/b6-5+;. The molecular formula is C8H13NO6. The van der Waals surface area contributed by atoms with E-state index in [1.54, 1.807) is 13.8 Å². The minimum Gasteiger partial charge on any atom is -0.500 e. The smallest absolute Gasteiger partial charge is 0.342 e. The lowest BCUT2D eigenvalue weighted by Gasteiger charge is -1.98. The van der Waals surface area contributed by atoms with E-state index in [9.17, 15) is 9.59 Å². The molecular weight excluding hydrogens is 206 g/mol. The van der Waals surface area contributed by atoms with Crippen molar-refractivity contribution in [1.29, 1.82) is 0 Å². The van der Waals surface area contributed by atoms with Crippen molar-refractivity contribution in [3.05, 3.63) is 16.7 Å². The molecule has 0 heterocycles. The third-order valence-corrected chi connectivity index (χ3v) is 1.22. The predicted molar refractivity (Wildman–Crippen MR) is 50.2 cm³/mol. The maximum Gasteiger partial charge on any atom is 0.342 e. The molecule has 0 spiro atoms. The summed E-state index contributed by atoms with van der Waals surface area (Å²) in [5.41, 5.74) is -0.292. The fraction of sp³-hybridized carbons (Fsp3) is 0.500. The first-order chi connectivity index (χ1) is 7.04. The molecule has 7 heteroatoms. The molecule has 0 amide bonds. The number of rotatable bonds is 5. The van der Waals surface area contributed by atoms with Crippen molar-refractivity contribution >= 4 is 11.8 Å². The van der Waals surface area contributed by atoms with Crippen molar-refractivity contribution in [3.8, 4) is 0 Å². The predicted octanol–water partition coefficient (Wildman–Crippen LogP) is 1.11. The molecule has 0 unspecified atom stereocenters. The van der Waals surface area contributed by atoms with Crippen LogP contribution in [0.3, 0.4) is 0 Å². The Morgan fingerprint density at radius 2 is 1.87 bits per heavy atom. The summed E-state index contributed by atoms with van der Waals surface area (Å²) in [5.74, 6) is -1.66. The number of carboxylic acids is 1. The topological polar surface area (TPSA) is 113 Å².